The second-order valence-corrected chi connectivity index (χ2v) is 3.82. The number of nitrogens with two attached hydrogens (primary N) is 1. The fraction of sp³-hybridized carbons (Fsp3) is 0.400. The van der Waals surface area contributed by atoms with Crippen LogP contribution < -0.4 is 5.73 Å². The Bertz CT molecular complexity index is 483. The van der Waals surface area contributed by atoms with Gasteiger partial charge in [-0.1, -0.05) is 6.07 Å². The van der Waals surface area contributed by atoms with Gasteiger partial charge < -0.3 is 5.73 Å². The predicted octanol–water partition coefficient (Wildman–Crippen LogP) is 4.29. The molecule has 1 aromatic rings. The number of benzene rings is 1. The largest absolute Gasteiger partial charge is 0.416 e. The van der Waals surface area contributed by atoms with E-state index in [-0.39, 0.29) is 18.2 Å². The summed E-state index contributed by atoms with van der Waals surface area (Å²) in [5.41, 5.74) is -0.602. The first kappa shape index (κ1) is 16.6. The van der Waals surface area contributed by atoms with Gasteiger partial charge in [-0.05, 0) is 17.7 Å². The fourth-order valence-corrected chi connectivity index (χ4v) is 1.43. The number of alkyl halides is 9. The van der Waals surface area contributed by atoms with Crippen LogP contribution in [0.5, 0.6) is 0 Å². The summed E-state index contributed by atoms with van der Waals surface area (Å²) in [7, 11) is 0. The highest BCUT2D eigenvalue weighted by molar-refractivity contribution is 5.38. The molecule has 0 spiro atoms. The Balaban J connectivity index is 3.48. The maximum Gasteiger partial charge on any atom is 0.416 e. The molecule has 0 radical (unpaired) electrons. The van der Waals surface area contributed by atoms with Crippen molar-refractivity contribution in [2.24, 2.45) is 5.73 Å². The van der Waals surface area contributed by atoms with Crippen LogP contribution >= 0.6 is 0 Å². The second-order valence-electron chi connectivity index (χ2n) is 3.82. The molecule has 0 heterocycles. The van der Waals surface area contributed by atoms with Gasteiger partial charge in [0.25, 0.3) is 0 Å². The molecule has 0 fully saturated rings. The number of hydrogen-bond acceptors (Lipinski definition) is 1. The predicted molar refractivity (Wildman–Crippen MR) is 49.4 cm³/mol. The molecule has 1 rings (SSSR count). The van der Waals surface area contributed by atoms with Gasteiger partial charge >= 0.3 is 18.5 Å². The Kier molecular flexibility index (Phi) is 4.01. The zero-order chi connectivity index (χ0) is 15.9. The van der Waals surface area contributed by atoms with Gasteiger partial charge in [0.05, 0.1) is 11.1 Å². The van der Waals surface area contributed by atoms with Crippen LogP contribution in [0.1, 0.15) is 22.7 Å². The lowest BCUT2D eigenvalue weighted by atomic mass is 9.97. The van der Waals surface area contributed by atoms with E-state index in [0.717, 1.165) is 0 Å². The lowest BCUT2D eigenvalue weighted by Crippen LogP contribution is -2.31. The Morgan fingerprint density at radius 2 is 1.30 bits per heavy atom. The van der Waals surface area contributed by atoms with Crippen molar-refractivity contribution in [2.45, 2.75) is 24.6 Å². The first-order valence-electron chi connectivity index (χ1n) is 4.85. The maximum absolute atomic E-state index is 12.6. The van der Waals surface area contributed by atoms with Crippen LogP contribution in [0.15, 0.2) is 18.2 Å². The third kappa shape index (κ3) is 3.56. The first-order valence-corrected chi connectivity index (χ1v) is 4.85. The number of rotatable bonds is 1. The Morgan fingerprint density at radius 1 is 0.800 bits per heavy atom. The van der Waals surface area contributed by atoms with Gasteiger partial charge in [0.2, 0.25) is 0 Å². The second kappa shape index (κ2) is 4.83. The summed E-state index contributed by atoms with van der Waals surface area (Å²) in [5.74, 6) is 0. The third-order valence-electron chi connectivity index (χ3n) is 2.37. The van der Waals surface area contributed by atoms with Gasteiger partial charge in [0.1, 0.15) is 6.04 Å². The standard InChI is InChI=1S/C10H6F9N/c11-8(12,13)4-1-2-5(7(20)10(17,18)19)6(3-4)9(14,15)16/h1-3,7H,20H2/t7-/m1/s1. The van der Waals surface area contributed by atoms with Gasteiger partial charge in [0.15, 0.2) is 0 Å². The summed E-state index contributed by atoms with van der Waals surface area (Å²) < 4.78 is 112. The summed E-state index contributed by atoms with van der Waals surface area (Å²) in [5, 5.41) is 0. The van der Waals surface area contributed by atoms with E-state index in [0.29, 0.717) is 0 Å². The van der Waals surface area contributed by atoms with Crippen LogP contribution in [0, 0.1) is 0 Å². The van der Waals surface area contributed by atoms with Crippen molar-refractivity contribution in [3.05, 3.63) is 34.9 Å². The number of hydrogen-bond donors (Lipinski definition) is 1. The molecular formula is C10H6F9N. The minimum absolute atomic E-state index is 0.0871. The SMILES string of the molecule is N[C@H](c1ccc(C(F)(F)F)cc1C(F)(F)F)C(F)(F)F. The normalized spacial score (nSPS) is 15.3. The van der Waals surface area contributed by atoms with Gasteiger partial charge in [-0.25, -0.2) is 0 Å². The minimum atomic E-state index is -5.39. The molecule has 1 aromatic carbocycles. The van der Waals surface area contributed by atoms with Crippen LogP contribution in [0.25, 0.3) is 0 Å². The third-order valence-corrected chi connectivity index (χ3v) is 2.37. The van der Waals surface area contributed by atoms with Gasteiger partial charge in [-0.15, -0.1) is 0 Å². The zero-order valence-electron chi connectivity index (χ0n) is 9.29. The highest BCUT2D eigenvalue weighted by Crippen LogP contribution is 2.41. The van der Waals surface area contributed by atoms with Crippen LogP contribution in [0.4, 0.5) is 39.5 Å². The lowest BCUT2D eigenvalue weighted by Gasteiger charge is -2.21. The van der Waals surface area contributed by atoms with E-state index in [9.17, 15) is 39.5 Å². The molecule has 0 aliphatic rings. The minimum Gasteiger partial charge on any atom is -0.316 e. The zero-order valence-corrected chi connectivity index (χ0v) is 9.29. The molecule has 2 N–H and O–H groups in total. The fourth-order valence-electron chi connectivity index (χ4n) is 1.43. The quantitative estimate of drug-likeness (QED) is 0.770. The summed E-state index contributed by atoms with van der Waals surface area (Å²) in [6, 6.07) is -3.21. The average Bonchev–Trinajstić information content (AvgIpc) is 2.23. The summed E-state index contributed by atoms with van der Waals surface area (Å²) in [6.45, 7) is 0. The van der Waals surface area contributed by atoms with E-state index in [1.165, 1.54) is 0 Å². The molecule has 114 valence electrons. The first-order chi connectivity index (χ1) is 8.74. The van der Waals surface area contributed by atoms with Crippen molar-refractivity contribution in [3.8, 4) is 0 Å². The highest BCUT2D eigenvalue weighted by atomic mass is 19.4. The molecule has 0 saturated heterocycles. The molecule has 0 unspecified atom stereocenters. The Labute approximate surface area is 106 Å². The van der Waals surface area contributed by atoms with Crippen LogP contribution in [-0.2, 0) is 12.4 Å². The average molecular weight is 311 g/mol. The monoisotopic (exact) mass is 311 g/mol. The van der Waals surface area contributed by atoms with Gasteiger partial charge in [0, 0.05) is 0 Å². The molecule has 0 aliphatic heterocycles. The van der Waals surface area contributed by atoms with Crippen molar-refractivity contribution in [3.63, 3.8) is 0 Å². The molecule has 10 heteroatoms. The maximum atomic E-state index is 12.6. The van der Waals surface area contributed by atoms with Gasteiger partial charge in [-0.2, -0.15) is 39.5 Å². The molecule has 1 atom stereocenters. The molecule has 1 nitrogen and oxygen atoms in total. The van der Waals surface area contributed by atoms with E-state index in [4.69, 9.17) is 0 Å². The van der Waals surface area contributed by atoms with E-state index in [1.54, 1.807) is 0 Å². The van der Waals surface area contributed by atoms with E-state index < -0.39 is 41.3 Å². The van der Waals surface area contributed by atoms with Crippen molar-refractivity contribution in [2.75, 3.05) is 0 Å². The van der Waals surface area contributed by atoms with Crippen molar-refractivity contribution in [1.82, 2.24) is 0 Å². The Hall–Kier alpha value is -1.45. The Morgan fingerprint density at radius 3 is 1.65 bits per heavy atom. The smallest absolute Gasteiger partial charge is 0.316 e. The molecule has 20 heavy (non-hydrogen) atoms. The van der Waals surface area contributed by atoms with Crippen molar-refractivity contribution < 1.29 is 39.5 Å². The molecule has 0 aromatic heterocycles. The molecule has 0 amide bonds. The molecular weight excluding hydrogens is 305 g/mol. The molecule has 0 saturated carbocycles. The summed E-state index contributed by atoms with van der Waals surface area (Å²) in [6.07, 6.45) is -15.7. The summed E-state index contributed by atoms with van der Waals surface area (Å²) in [4.78, 5) is 0. The van der Waals surface area contributed by atoms with Gasteiger partial charge in [-0.3, -0.25) is 0 Å². The van der Waals surface area contributed by atoms with Crippen molar-refractivity contribution in [1.29, 1.82) is 0 Å². The molecule has 0 aliphatic carbocycles. The topological polar surface area (TPSA) is 26.0 Å². The van der Waals surface area contributed by atoms with E-state index in [1.807, 2.05) is 0 Å². The van der Waals surface area contributed by atoms with Crippen molar-refractivity contribution >= 4 is 0 Å². The number of halogens is 9. The summed E-state index contributed by atoms with van der Waals surface area (Å²) >= 11 is 0. The van der Waals surface area contributed by atoms with E-state index in [2.05, 4.69) is 5.73 Å². The van der Waals surface area contributed by atoms with Crippen LogP contribution in [0.3, 0.4) is 0 Å². The highest BCUT2D eigenvalue weighted by Gasteiger charge is 2.45. The van der Waals surface area contributed by atoms with Crippen LogP contribution in [-0.4, -0.2) is 6.18 Å². The molecule has 0 bridgehead atoms. The van der Waals surface area contributed by atoms with E-state index >= 15 is 0 Å². The van der Waals surface area contributed by atoms with Crippen LogP contribution in [0.2, 0.25) is 0 Å². The lowest BCUT2D eigenvalue weighted by molar-refractivity contribution is -0.156.